The quantitative estimate of drug-likeness (QED) is 0.837. The van der Waals surface area contributed by atoms with E-state index < -0.39 is 5.97 Å². The number of ether oxygens (including phenoxy) is 2. The number of amides is 1. The van der Waals surface area contributed by atoms with Crippen molar-refractivity contribution in [2.75, 3.05) is 13.7 Å². The van der Waals surface area contributed by atoms with Crippen molar-refractivity contribution in [1.29, 1.82) is 0 Å². The predicted molar refractivity (Wildman–Crippen MR) is 94.1 cm³/mol. The number of benzene rings is 1. The van der Waals surface area contributed by atoms with Gasteiger partial charge in [-0.3, -0.25) is 9.59 Å². The van der Waals surface area contributed by atoms with Crippen LogP contribution in [0, 0.1) is 10.8 Å². The van der Waals surface area contributed by atoms with Gasteiger partial charge in [-0.1, -0.05) is 47.6 Å². The van der Waals surface area contributed by atoms with Crippen molar-refractivity contribution in [3.63, 3.8) is 0 Å². The molecule has 0 aliphatic carbocycles. The lowest BCUT2D eigenvalue weighted by atomic mass is 9.74. The summed E-state index contributed by atoms with van der Waals surface area (Å²) in [5.41, 5.74) is 0.334. The molecule has 1 N–H and O–H groups in total. The van der Waals surface area contributed by atoms with Gasteiger partial charge in [-0.25, -0.2) is 0 Å². The average Bonchev–Trinajstić information content (AvgIpc) is 2.48. The second-order valence-corrected chi connectivity index (χ2v) is 8.02. The van der Waals surface area contributed by atoms with Crippen molar-refractivity contribution >= 4 is 11.9 Å². The highest BCUT2D eigenvalue weighted by molar-refractivity contribution is 5.96. The highest BCUT2D eigenvalue weighted by Gasteiger charge is 2.37. The summed E-state index contributed by atoms with van der Waals surface area (Å²) in [6.07, 6.45) is -0.0293. The molecule has 0 saturated heterocycles. The SMILES string of the molecule is COC(=O)CNC(=O)c1cccc(OC(C(C)(C)C)C(C)(C)C)c1. The number of carbonyl (C=O) groups excluding carboxylic acids is 2. The van der Waals surface area contributed by atoms with E-state index >= 15 is 0 Å². The maximum atomic E-state index is 12.1. The Bertz CT molecular complexity index is 568. The van der Waals surface area contributed by atoms with Crippen LogP contribution >= 0.6 is 0 Å². The van der Waals surface area contributed by atoms with E-state index in [0.717, 1.165) is 0 Å². The molecule has 0 saturated carbocycles. The lowest BCUT2D eigenvalue weighted by Gasteiger charge is -2.40. The molecule has 0 unspecified atom stereocenters. The van der Waals surface area contributed by atoms with Gasteiger partial charge in [0.15, 0.2) is 0 Å². The molecule has 0 spiro atoms. The van der Waals surface area contributed by atoms with Gasteiger partial charge in [-0.2, -0.15) is 0 Å². The monoisotopic (exact) mass is 335 g/mol. The molecule has 0 aliphatic heterocycles. The molecule has 0 radical (unpaired) electrons. The number of carbonyl (C=O) groups is 2. The van der Waals surface area contributed by atoms with Gasteiger partial charge >= 0.3 is 5.97 Å². The summed E-state index contributed by atoms with van der Waals surface area (Å²) in [5.74, 6) is -0.194. The van der Waals surface area contributed by atoms with Gasteiger partial charge in [0.25, 0.3) is 5.91 Å². The van der Waals surface area contributed by atoms with Gasteiger partial charge in [0.1, 0.15) is 18.4 Å². The summed E-state index contributed by atoms with van der Waals surface area (Å²) < 4.78 is 10.7. The van der Waals surface area contributed by atoms with Crippen molar-refractivity contribution in [3.8, 4) is 5.75 Å². The lowest BCUT2D eigenvalue weighted by Crippen LogP contribution is -2.42. The van der Waals surface area contributed by atoms with Crippen molar-refractivity contribution in [1.82, 2.24) is 5.32 Å². The van der Waals surface area contributed by atoms with E-state index in [0.29, 0.717) is 11.3 Å². The van der Waals surface area contributed by atoms with Crippen LogP contribution in [-0.4, -0.2) is 31.6 Å². The summed E-state index contributed by atoms with van der Waals surface area (Å²) in [5, 5.41) is 2.52. The van der Waals surface area contributed by atoms with Crippen LogP contribution in [-0.2, 0) is 9.53 Å². The Balaban J connectivity index is 2.91. The summed E-state index contributed by atoms with van der Waals surface area (Å²) in [4.78, 5) is 23.2. The average molecular weight is 335 g/mol. The number of methoxy groups -OCH3 is 1. The van der Waals surface area contributed by atoms with E-state index in [1.807, 2.05) is 6.07 Å². The highest BCUT2D eigenvalue weighted by atomic mass is 16.5. The minimum absolute atomic E-state index is 0.0293. The van der Waals surface area contributed by atoms with Gasteiger partial charge in [0.05, 0.1) is 7.11 Å². The molecule has 0 aromatic heterocycles. The molecule has 0 heterocycles. The molecular formula is C19H29NO4. The third-order valence-corrected chi connectivity index (χ3v) is 3.54. The summed E-state index contributed by atoms with van der Waals surface area (Å²) in [6.45, 7) is 12.6. The van der Waals surface area contributed by atoms with Crippen LogP contribution in [0.3, 0.4) is 0 Å². The lowest BCUT2D eigenvalue weighted by molar-refractivity contribution is -0.139. The first-order chi connectivity index (χ1) is 10.9. The normalized spacial score (nSPS) is 12.0. The van der Waals surface area contributed by atoms with E-state index in [1.54, 1.807) is 18.2 Å². The molecular weight excluding hydrogens is 306 g/mol. The zero-order chi connectivity index (χ0) is 18.5. The van der Waals surface area contributed by atoms with Crippen molar-refractivity contribution in [3.05, 3.63) is 29.8 Å². The Morgan fingerprint density at radius 2 is 1.67 bits per heavy atom. The van der Waals surface area contributed by atoms with Gasteiger partial charge in [-0.05, 0) is 29.0 Å². The van der Waals surface area contributed by atoms with Crippen molar-refractivity contribution in [2.45, 2.75) is 47.6 Å². The molecule has 1 rings (SSSR count). The summed E-state index contributed by atoms with van der Waals surface area (Å²) >= 11 is 0. The van der Waals surface area contributed by atoms with Crippen LogP contribution in [0.4, 0.5) is 0 Å². The van der Waals surface area contributed by atoms with E-state index in [9.17, 15) is 9.59 Å². The topological polar surface area (TPSA) is 64.6 Å². The molecule has 0 bridgehead atoms. The Morgan fingerprint density at radius 3 is 2.17 bits per heavy atom. The maximum Gasteiger partial charge on any atom is 0.325 e. The third-order valence-electron chi connectivity index (χ3n) is 3.54. The van der Waals surface area contributed by atoms with Crippen LogP contribution < -0.4 is 10.1 Å². The van der Waals surface area contributed by atoms with Crippen molar-refractivity contribution < 1.29 is 19.1 Å². The molecule has 0 aliphatic rings. The highest BCUT2D eigenvalue weighted by Crippen LogP contribution is 2.36. The zero-order valence-corrected chi connectivity index (χ0v) is 15.7. The molecule has 5 heteroatoms. The second kappa shape index (κ2) is 7.69. The van der Waals surface area contributed by atoms with E-state index in [1.165, 1.54) is 7.11 Å². The molecule has 24 heavy (non-hydrogen) atoms. The number of rotatable bonds is 5. The van der Waals surface area contributed by atoms with Crippen LogP contribution in [0.1, 0.15) is 51.9 Å². The Kier molecular flexibility index (Phi) is 6.41. The third kappa shape index (κ3) is 5.87. The maximum absolute atomic E-state index is 12.1. The number of esters is 1. The molecule has 0 fully saturated rings. The molecule has 134 valence electrons. The van der Waals surface area contributed by atoms with Gasteiger partial charge in [-0.15, -0.1) is 0 Å². The number of nitrogens with one attached hydrogen (secondary N) is 1. The smallest absolute Gasteiger partial charge is 0.325 e. The van der Waals surface area contributed by atoms with Crippen LogP contribution in [0.2, 0.25) is 0 Å². The fourth-order valence-corrected chi connectivity index (χ4v) is 2.83. The zero-order valence-electron chi connectivity index (χ0n) is 15.7. The Morgan fingerprint density at radius 1 is 1.08 bits per heavy atom. The van der Waals surface area contributed by atoms with Gasteiger partial charge in [0, 0.05) is 5.56 Å². The minimum atomic E-state index is -0.490. The largest absolute Gasteiger partial charge is 0.489 e. The Labute approximate surface area is 144 Å². The van der Waals surface area contributed by atoms with Crippen LogP contribution in [0.5, 0.6) is 5.75 Å². The standard InChI is InChI=1S/C19H29NO4/c1-18(2,3)17(19(4,5)6)24-14-10-8-9-13(11-14)16(22)20-12-15(21)23-7/h8-11,17H,12H2,1-7H3,(H,20,22). The van der Waals surface area contributed by atoms with Gasteiger partial charge < -0.3 is 14.8 Å². The molecule has 1 aromatic rings. The first-order valence-electron chi connectivity index (χ1n) is 8.07. The summed E-state index contributed by atoms with van der Waals surface area (Å²) in [6, 6.07) is 6.98. The van der Waals surface area contributed by atoms with Crippen LogP contribution in [0.15, 0.2) is 24.3 Å². The molecule has 5 nitrogen and oxygen atoms in total. The first-order valence-corrected chi connectivity index (χ1v) is 8.07. The van der Waals surface area contributed by atoms with E-state index in [-0.39, 0.29) is 29.4 Å². The fraction of sp³-hybridized carbons (Fsp3) is 0.579. The number of hydrogen-bond acceptors (Lipinski definition) is 4. The van der Waals surface area contributed by atoms with Gasteiger partial charge in [0.2, 0.25) is 0 Å². The number of hydrogen-bond donors (Lipinski definition) is 1. The minimum Gasteiger partial charge on any atom is -0.489 e. The molecule has 0 atom stereocenters. The molecule has 1 aromatic carbocycles. The summed E-state index contributed by atoms with van der Waals surface area (Å²) in [7, 11) is 1.28. The van der Waals surface area contributed by atoms with Crippen LogP contribution in [0.25, 0.3) is 0 Å². The van der Waals surface area contributed by atoms with E-state index in [4.69, 9.17) is 4.74 Å². The fourth-order valence-electron chi connectivity index (χ4n) is 2.83. The predicted octanol–water partition coefficient (Wildman–Crippen LogP) is 3.43. The molecule has 1 amide bonds. The second-order valence-electron chi connectivity index (χ2n) is 8.02. The van der Waals surface area contributed by atoms with Crippen molar-refractivity contribution in [2.24, 2.45) is 10.8 Å². The van der Waals surface area contributed by atoms with E-state index in [2.05, 4.69) is 51.6 Å². The Hall–Kier alpha value is -2.04. The first kappa shape index (κ1) is 20.0.